The summed E-state index contributed by atoms with van der Waals surface area (Å²) < 4.78 is 5.57. The highest BCUT2D eigenvalue weighted by Crippen LogP contribution is 2.61. The van der Waals surface area contributed by atoms with E-state index < -0.39 is 0 Å². The number of ether oxygens (including phenoxy) is 1. The van der Waals surface area contributed by atoms with Gasteiger partial charge in [0, 0.05) is 0 Å². The van der Waals surface area contributed by atoms with Crippen LogP contribution in [0.1, 0.15) is 33.6 Å². The average molecular weight is 196 g/mol. The summed E-state index contributed by atoms with van der Waals surface area (Å²) >= 11 is 0. The Morgan fingerprint density at radius 2 is 2.14 bits per heavy atom. The Kier molecular flexibility index (Phi) is 2.42. The molecule has 0 unspecified atom stereocenters. The predicted octanol–water partition coefficient (Wildman–Crippen LogP) is 2.27. The summed E-state index contributed by atoms with van der Waals surface area (Å²) in [5.74, 6) is 2.24. The lowest BCUT2D eigenvalue weighted by atomic mass is 9.45. The summed E-state index contributed by atoms with van der Waals surface area (Å²) in [5, 5.41) is 0. The molecule has 0 spiro atoms. The number of hydrogen-bond donors (Lipinski definition) is 0. The molecule has 3 aliphatic carbocycles. The largest absolute Gasteiger partial charge is 0.370 e. The third-order valence-corrected chi connectivity index (χ3v) is 4.66. The van der Waals surface area contributed by atoms with Gasteiger partial charge in [0.1, 0.15) is 12.9 Å². The lowest BCUT2D eigenvalue weighted by Crippen LogP contribution is -2.57. The molecule has 0 aromatic heterocycles. The van der Waals surface area contributed by atoms with Crippen LogP contribution in [0.2, 0.25) is 0 Å². The number of aldehydes is 1. The van der Waals surface area contributed by atoms with E-state index in [2.05, 4.69) is 20.8 Å². The quantitative estimate of drug-likeness (QED) is 0.647. The monoisotopic (exact) mass is 196 g/mol. The van der Waals surface area contributed by atoms with Crippen LogP contribution in [-0.4, -0.2) is 19.0 Å². The van der Waals surface area contributed by atoms with Crippen molar-refractivity contribution in [3.63, 3.8) is 0 Å². The normalized spacial score (nSPS) is 44.2. The number of fused-ring (bicyclic) bond motifs is 2. The highest BCUT2D eigenvalue weighted by molar-refractivity contribution is 5.50. The Bertz CT molecular complexity index is 234. The van der Waals surface area contributed by atoms with Crippen LogP contribution in [0.4, 0.5) is 0 Å². The van der Waals surface area contributed by atoms with Gasteiger partial charge in [0.2, 0.25) is 0 Å². The zero-order valence-electron chi connectivity index (χ0n) is 9.32. The molecule has 3 aliphatic rings. The van der Waals surface area contributed by atoms with Crippen LogP contribution < -0.4 is 0 Å². The van der Waals surface area contributed by atoms with E-state index in [1.165, 1.54) is 6.42 Å². The van der Waals surface area contributed by atoms with Crippen LogP contribution in [0.25, 0.3) is 0 Å². The van der Waals surface area contributed by atoms with Gasteiger partial charge in [0.15, 0.2) is 0 Å². The third-order valence-electron chi connectivity index (χ3n) is 4.66. The fourth-order valence-corrected chi connectivity index (χ4v) is 3.49. The maximum Gasteiger partial charge on any atom is 0.145 e. The van der Waals surface area contributed by atoms with Crippen molar-refractivity contribution < 1.29 is 9.53 Å². The van der Waals surface area contributed by atoms with Crippen molar-refractivity contribution in [3.05, 3.63) is 0 Å². The minimum absolute atomic E-state index is 0.273. The van der Waals surface area contributed by atoms with Crippen molar-refractivity contribution in [2.24, 2.45) is 23.2 Å². The number of rotatable bonds is 3. The molecule has 2 heteroatoms. The Morgan fingerprint density at radius 3 is 2.64 bits per heavy atom. The fourth-order valence-electron chi connectivity index (χ4n) is 3.49. The highest BCUT2D eigenvalue weighted by Gasteiger charge is 2.56. The van der Waals surface area contributed by atoms with Crippen molar-refractivity contribution in [2.75, 3.05) is 6.61 Å². The van der Waals surface area contributed by atoms with Gasteiger partial charge >= 0.3 is 0 Å². The molecule has 0 amide bonds. The summed E-state index contributed by atoms with van der Waals surface area (Å²) in [6.07, 6.45) is 3.71. The molecular formula is C12H20O2. The van der Waals surface area contributed by atoms with Gasteiger partial charge < -0.3 is 9.53 Å². The van der Waals surface area contributed by atoms with Crippen molar-refractivity contribution >= 4 is 6.29 Å². The van der Waals surface area contributed by atoms with Crippen LogP contribution in [-0.2, 0) is 9.53 Å². The van der Waals surface area contributed by atoms with Crippen molar-refractivity contribution in [2.45, 2.75) is 39.7 Å². The molecule has 0 aliphatic heterocycles. The molecule has 0 saturated heterocycles. The Balaban J connectivity index is 1.97. The molecule has 2 nitrogen and oxygen atoms in total. The minimum Gasteiger partial charge on any atom is -0.370 e. The second kappa shape index (κ2) is 3.34. The summed E-state index contributed by atoms with van der Waals surface area (Å²) in [7, 11) is 0. The van der Waals surface area contributed by atoms with E-state index in [0.717, 1.165) is 24.5 Å². The second-order valence-electron chi connectivity index (χ2n) is 5.49. The van der Waals surface area contributed by atoms with E-state index in [-0.39, 0.29) is 6.61 Å². The molecule has 0 N–H and O–H groups in total. The molecular weight excluding hydrogens is 176 g/mol. The van der Waals surface area contributed by atoms with Gasteiger partial charge in [-0.25, -0.2) is 0 Å². The van der Waals surface area contributed by atoms with Gasteiger partial charge in [-0.15, -0.1) is 0 Å². The Morgan fingerprint density at radius 1 is 1.43 bits per heavy atom. The van der Waals surface area contributed by atoms with Gasteiger partial charge in [-0.2, -0.15) is 0 Å². The fraction of sp³-hybridized carbons (Fsp3) is 0.917. The van der Waals surface area contributed by atoms with E-state index in [9.17, 15) is 4.79 Å². The number of carbonyl (C=O) groups excluding carboxylic acids is 1. The van der Waals surface area contributed by atoms with Crippen molar-refractivity contribution in [1.29, 1.82) is 0 Å². The van der Waals surface area contributed by atoms with Crippen LogP contribution in [0.15, 0.2) is 0 Å². The van der Waals surface area contributed by atoms with Crippen LogP contribution in [0.3, 0.4) is 0 Å². The maximum atomic E-state index is 10.2. The molecule has 3 rings (SSSR count). The summed E-state index contributed by atoms with van der Waals surface area (Å²) in [6.45, 7) is 7.29. The van der Waals surface area contributed by atoms with E-state index >= 15 is 0 Å². The summed E-state index contributed by atoms with van der Waals surface area (Å²) in [5.41, 5.74) is 0.514. The lowest BCUT2D eigenvalue weighted by molar-refractivity contribution is -0.172. The Labute approximate surface area is 86.0 Å². The predicted molar refractivity (Wildman–Crippen MR) is 55.0 cm³/mol. The van der Waals surface area contributed by atoms with Crippen LogP contribution in [0.5, 0.6) is 0 Å². The van der Waals surface area contributed by atoms with Crippen LogP contribution >= 0.6 is 0 Å². The molecule has 0 aromatic rings. The molecule has 3 fully saturated rings. The smallest absolute Gasteiger partial charge is 0.145 e. The Hall–Kier alpha value is -0.370. The summed E-state index contributed by atoms with van der Waals surface area (Å²) in [4.78, 5) is 10.2. The van der Waals surface area contributed by atoms with E-state index in [1.54, 1.807) is 0 Å². The maximum absolute atomic E-state index is 10.2. The molecule has 2 bridgehead atoms. The van der Waals surface area contributed by atoms with Crippen molar-refractivity contribution in [3.8, 4) is 0 Å². The molecule has 0 aromatic carbocycles. The molecule has 4 atom stereocenters. The first kappa shape index (κ1) is 10.2. The topological polar surface area (TPSA) is 26.3 Å². The summed E-state index contributed by atoms with van der Waals surface area (Å²) in [6, 6.07) is 0. The van der Waals surface area contributed by atoms with Gasteiger partial charge in [-0.05, 0) is 36.0 Å². The molecule has 3 saturated carbocycles. The first-order valence-corrected chi connectivity index (χ1v) is 5.62. The lowest BCUT2D eigenvalue weighted by Gasteiger charge is -2.61. The standard InChI is InChI=1S/C12H20O2/c1-8-10-6-9(12(10,2)3)7-11(8)14-5-4-13/h4,8-11H,5-7H2,1-3H3/t8-,9+,10-,11-/m0/s1. The van der Waals surface area contributed by atoms with Gasteiger partial charge in [0.25, 0.3) is 0 Å². The molecule has 80 valence electrons. The zero-order chi connectivity index (χ0) is 10.3. The second-order valence-corrected chi connectivity index (χ2v) is 5.49. The van der Waals surface area contributed by atoms with Gasteiger partial charge in [-0.1, -0.05) is 20.8 Å². The van der Waals surface area contributed by atoms with E-state index in [1.807, 2.05) is 0 Å². The van der Waals surface area contributed by atoms with Gasteiger partial charge in [-0.3, -0.25) is 0 Å². The number of hydrogen-bond acceptors (Lipinski definition) is 2. The SMILES string of the molecule is C[C@@H]1[C@@H](OCC=O)C[C@H]2C[C@@H]1C2(C)C. The zero-order valence-corrected chi connectivity index (χ0v) is 9.32. The first-order chi connectivity index (χ1) is 6.57. The highest BCUT2D eigenvalue weighted by atomic mass is 16.5. The number of carbonyl (C=O) groups is 1. The van der Waals surface area contributed by atoms with E-state index in [4.69, 9.17) is 4.74 Å². The minimum atomic E-state index is 0.273. The first-order valence-electron chi connectivity index (χ1n) is 5.62. The van der Waals surface area contributed by atoms with Gasteiger partial charge in [0.05, 0.1) is 6.10 Å². The molecule has 14 heavy (non-hydrogen) atoms. The third kappa shape index (κ3) is 1.31. The van der Waals surface area contributed by atoms with E-state index in [0.29, 0.717) is 17.4 Å². The van der Waals surface area contributed by atoms with Crippen LogP contribution in [0, 0.1) is 23.2 Å². The van der Waals surface area contributed by atoms with Crippen molar-refractivity contribution in [1.82, 2.24) is 0 Å². The molecule has 0 heterocycles. The molecule has 0 radical (unpaired) electrons. The average Bonchev–Trinajstić information content (AvgIpc) is 2.15.